The first-order valence-corrected chi connectivity index (χ1v) is 9.60. The van der Waals surface area contributed by atoms with Crippen LogP contribution in [0.15, 0.2) is 29.2 Å². The van der Waals surface area contributed by atoms with Crippen molar-refractivity contribution in [2.24, 2.45) is 0 Å². The molecule has 2 N–H and O–H groups in total. The van der Waals surface area contributed by atoms with Crippen LogP contribution in [-0.4, -0.2) is 46.7 Å². The number of aliphatic hydroxyl groups is 1. The zero-order valence-electron chi connectivity index (χ0n) is 14.0. The van der Waals surface area contributed by atoms with E-state index in [4.69, 9.17) is 4.74 Å². The van der Waals surface area contributed by atoms with Gasteiger partial charge in [-0.3, -0.25) is 9.48 Å². The summed E-state index contributed by atoms with van der Waals surface area (Å²) in [6, 6.07) is 6.14. The van der Waals surface area contributed by atoms with Gasteiger partial charge in [-0.1, -0.05) is 0 Å². The topological polar surface area (TPSA) is 114 Å². The Morgan fingerprint density at radius 1 is 1.31 bits per heavy atom. The Balaban J connectivity index is 1.63. The number of aromatic nitrogens is 2. The highest BCUT2D eigenvalue weighted by Gasteiger charge is 2.31. The predicted octanol–water partition coefficient (Wildman–Crippen LogP) is 0.472. The number of rotatable bonds is 3. The van der Waals surface area contributed by atoms with Gasteiger partial charge in [-0.15, -0.1) is 0 Å². The van der Waals surface area contributed by atoms with E-state index < -0.39 is 16.1 Å². The second-order valence-corrected chi connectivity index (χ2v) is 8.23. The van der Waals surface area contributed by atoms with Crippen LogP contribution in [0.3, 0.4) is 0 Å². The zero-order valence-corrected chi connectivity index (χ0v) is 14.9. The molecular weight excluding hydrogens is 360 g/mol. The number of aliphatic hydroxyl groups excluding tert-OH is 1. The lowest BCUT2D eigenvalue weighted by molar-refractivity contribution is -0.118. The third-order valence-electron chi connectivity index (χ3n) is 4.43. The maximum Gasteiger partial charge on any atom is 0.262 e. The summed E-state index contributed by atoms with van der Waals surface area (Å²) in [4.78, 5) is 11.5. The molecule has 1 unspecified atom stereocenters. The SMILES string of the molecule is CC(O)c1cc2n(n1)CCN(S(=O)(=O)c1ccc3c(c1)NC(=O)CO3)C2. The van der Waals surface area contributed by atoms with Gasteiger partial charge in [-0.25, -0.2) is 8.42 Å². The van der Waals surface area contributed by atoms with Crippen LogP contribution < -0.4 is 10.1 Å². The van der Waals surface area contributed by atoms with Crippen molar-refractivity contribution in [3.05, 3.63) is 35.7 Å². The number of carbonyl (C=O) groups excluding carboxylic acids is 1. The number of ether oxygens (including phenoxy) is 1. The number of nitrogens with zero attached hydrogens (tertiary/aromatic N) is 3. The number of hydrogen-bond acceptors (Lipinski definition) is 6. The third-order valence-corrected chi connectivity index (χ3v) is 6.27. The molecule has 0 bridgehead atoms. The minimum absolute atomic E-state index is 0.0825. The molecule has 2 aliphatic heterocycles. The van der Waals surface area contributed by atoms with Gasteiger partial charge in [-0.05, 0) is 31.2 Å². The third kappa shape index (κ3) is 2.85. The number of anilines is 1. The number of sulfonamides is 1. The van der Waals surface area contributed by atoms with Crippen LogP contribution in [-0.2, 0) is 27.9 Å². The lowest BCUT2D eigenvalue weighted by Gasteiger charge is -2.27. The molecule has 1 amide bonds. The predicted molar refractivity (Wildman–Crippen MR) is 91.0 cm³/mol. The van der Waals surface area contributed by atoms with Crippen molar-refractivity contribution in [2.45, 2.75) is 31.0 Å². The average Bonchev–Trinajstić information content (AvgIpc) is 3.04. The van der Waals surface area contributed by atoms with Gasteiger partial charge >= 0.3 is 0 Å². The molecule has 3 heterocycles. The van der Waals surface area contributed by atoms with Crippen molar-refractivity contribution < 1.29 is 23.1 Å². The molecule has 0 radical (unpaired) electrons. The zero-order chi connectivity index (χ0) is 18.5. The summed E-state index contributed by atoms with van der Waals surface area (Å²) < 4.78 is 34.3. The highest BCUT2D eigenvalue weighted by molar-refractivity contribution is 7.89. The quantitative estimate of drug-likeness (QED) is 0.803. The Morgan fingerprint density at radius 2 is 2.12 bits per heavy atom. The molecule has 4 rings (SSSR count). The van der Waals surface area contributed by atoms with Crippen LogP contribution in [0.25, 0.3) is 0 Å². The number of amides is 1. The second kappa shape index (κ2) is 6.08. The van der Waals surface area contributed by atoms with E-state index in [0.29, 0.717) is 23.7 Å². The average molecular weight is 378 g/mol. The molecule has 0 fully saturated rings. The van der Waals surface area contributed by atoms with Crippen LogP contribution in [0.2, 0.25) is 0 Å². The Bertz CT molecular complexity index is 983. The van der Waals surface area contributed by atoms with Gasteiger partial charge < -0.3 is 15.2 Å². The van der Waals surface area contributed by atoms with Crippen LogP contribution >= 0.6 is 0 Å². The molecule has 0 saturated heterocycles. The number of nitrogens with one attached hydrogen (secondary N) is 1. The van der Waals surface area contributed by atoms with Crippen molar-refractivity contribution in [3.8, 4) is 5.75 Å². The molecular formula is C16H18N4O5S. The normalized spacial score (nSPS) is 18.5. The molecule has 0 spiro atoms. The molecule has 138 valence electrons. The first-order valence-electron chi connectivity index (χ1n) is 8.16. The fourth-order valence-electron chi connectivity index (χ4n) is 3.05. The largest absolute Gasteiger partial charge is 0.482 e. The number of benzene rings is 1. The summed E-state index contributed by atoms with van der Waals surface area (Å²) in [5.74, 6) is 0.126. The lowest BCUT2D eigenvalue weighted by Crippen LogP contribution is -2.38. The lowest BCUT2D eigenvalue weighted by atomic mass is 10.2. The van der Waals surface area contributed by atoms with Gasteiger partial charge in [0.25, 0.3) is 5.91 Å². The van der Waals surface area contributed by atoms with E-state index in [-0.39, 0.29) is 30.5 Å². The van der Waals surface area contributed by atoms with Crippen molar-refractivity contribution >= 4 is 21.6 Å². The van der Waals surface area contributed by atoms with E-state index in [1.165, 1.54) is 16.4 Å². The van der Waals surface area contributed by atoms with Crippen LogP contribution in [0, 0.1) is 0 Å². The summed E-state index contributed by atoms with van der Waals surface area (Å²) in [7, 11) is -3.74. The van der Waals surface area contributed by atoms with E-state index in [1.54, 1.807) is 23.7 Å². The Hall–Kier alpha value is -2.43. The van der Waals surface area contributed by atoms with Gasteiger partial charge in [0.15, 0.2) is 6.61 Å². The number of fused-ring (bicyclic) bond motifs is 2. The maximum atomic E-state index is 13.0. The minimum Gasteiger partial charge on any atom is -0.482 e. The van der Waals surface area contributed by atoms with Crippen LogP contribution in [0.4, 0.5) is 5.69 Å². The highest BCUT2D eigenvalue weighted by Crippen LogP contribution is 2.32. The molecule has 0 aliphatic carbocycles. The smallest absolute Gasteiger partial charge is 0.262 e. The van der Waals surface area contributed by atoms with Gasteiger partial charge in [0.2, 0.25) is 10.0 Å². The fraction of sp³-hybridized carbons (Fsp3) is 0.375. The van der Waals surface area contributed by atoms with Crippen molar-refractivity contribution in [1.82, 2.24) is 14.1 Å². The van der Waals surface area contributed by atoms with E-state index in [0.717, 1.165) is 5.69 Å². The maximum absolute atomic E-state index is 13.0. The second-order valence-electron chi connectivity index (χ2n) is 6.29. The minimum atomic E-state index is -3.74. The molecule has 0 saturated carbocycles. The van der Waals surface area contributed by atoms with Gasteiger partial charge in [0.1, 0.15) is 5.75 Å². The Kier molecular flexibility index (Phi) is 3.98. The van der Waals surface area contributed by atoms with Gasteiger partial charge in [0, 0.05) is 6.54 Å². The fourth-order valence-corrected chi connectivity index (χ4v) is 4.47. The van der Waals surface area contributed by atoms with E-state index in [9.17, 15) is 18.3 Å². The molecule has 10 heteroatoms. The molecule has 9 nitrogen and oxygen atoms in total. The molecule has 1 aromatic heterocycles. The van der Waals surface area contributed by atoms with Crippen LogP contribution in [0.5, 0.6) is 5.75 Å². The summed E-state index contributed by atoms with van der Waals surface area (Å²) in [5.41, 5.74) is 1.60. The summed E-state index contributed by atoms with van der Waals surface area (Å²) in [6.07, 6.45) is -0.706. The summed E-state index contributed by atoms with van der Waals surface area (Å²) in [5, 5.41) is 16.6. The van der Waals surface area contributed by atoms with E-state index >= 15 is 0 Å². The monoisotopic (exact) mass is 378 g/mol. The number of hydrogen-bond donors (Lipinski definition) is 2. The summed E-state index contributed by atoms with van der Waals surface area (Å²) in [6.45, 7) is 2.39. The molecule has 2 aromatic rings. The summed E-state index contributed by atoms with van der Waals surface area (Å²) >= 11 is 0. The standard InChI is InChI=1S/C16H18N4O5S/c1-10(21)13-6-11-8-19(4-5-20(11)18-13)26(23,24)12-2-3-15-14(7-12)17-16(22)9-25-15/h2-3,6-7,10,21H,4-5,8-9H2,1H3,(H,17,22). The molecule has 1 atom stereocenters. The Morgan fingerprint density at radius 3 is 2.88 bits per heavy atom. The van der Waals surface area contributed by atoms with Crippen molar-refractivity contribution in [1.29, 1.82) is 0 Å². The van der Waals surface area contributed by atoms with E-state index in [2.05, 4.69) is 10.4 Å². The number of carbonyl (C=O) groups is 1. The molecule has 26 heavy (non-hydrogen) atoms. The molecule has 2 aliphatic rings. The highest BCUT2D eigenvalue weighted by atomic mass is 32.2. The first-order chi connectivity index (χ1) is 12.3. The van der Waals surface area contributed by atoms with Crippen LogP contribution in [0.1, 0.15) is 24.4 Å². The van der Waals surface area contributed by atoms with Crippen molar-refractivity contribution in [2.75, 3.05) is 18.5 Å². The Labute approximate surface area is 150 Å². The molecule has 1 aromatic carbocycles. The van der Waals surface area contributed by atoms with E-state index in [1.807, 2.05) is 0 Å². The van der Waals surface area contributed by atoms with Crippen molar-refractivity contribution in [3.63, 3.8) is 0 Å². The first kappa shape index (κ1) is 17.0. The van der Waals surface area contributed by atoms with Gasteiger partial charge in [-0.2, -0.15) is 9.40 Å². The van der Waals surface area contributed by atoms with Gasteiger partial charge in [0.05, 0.1) is 41.2 Å².